The normalized spacial score (nSPS) is 17.1. The second kappa shape index (κ2) is 5.64. The van der Waals surface area contributed by atoms with Crippen molar-refractivity contribution < 1.29 is 9.53 Å². The van der Waals surface area contributed by atoms with Crippen LogP contribution in [0.2, 0.25) is 0 Å². The highest BCUT2D eigenvalue weighted by Crippen LogP contribution is 2.24. The van der Waals surface area contributed by atoms with Crippen LogP contribution in [0.5, 0.6) is 0 Å². The van der Waals surface area contributed by atoms with Crippen molar-refractivity contribution in [3.8, 4) is 0 Å². The molecule has 0 saturated carbocycles. The van der Waals surface area contributed by atoms with E-state index in [1.165, 1.54) is 0 Å². The molecule has 0 bridgehead atoms. The number of rotatable bonds is 2. The lowest BCUT2D eigenvalue weighted by Gasteiger charge is -2.32. The second-order valence-corrected chi connectivity index (χ2v) is 6.09. The van der Waals surface area contributed by atoms with Gasteiger partial charge in [-0.1, -0.05) is 0 Å². The van der Waals surface area contributed by atoms with Crippen LogP contribution in [0.15, 0.2) is 12.4 Å². The third-order valence-corrected chi connectivity index (χ3v) is 3.22. The van der Waals surface area contributed by atoms with Crippen LogP contribution in [0, 0.1) is 5.92 Å². The monoisotopic (exact) mass is 278 g/mol. The smallest absolute Gasteiger partial charge is 0.309 e. The SMILES string of the molecule is CC(C)(C)OC(=O)C1CCN(c2cnc(N)cn2)CC1. The number of ether oxygens (including phenoxy) is 1. The van der Waals surface area contributed by atoms with Crippen LogP contribution in [-0.2, 0) is 9.53 Å². The second-order valence-electron chi connectivity index (χ2n) is 6.09. The Balaban J connectivity index is 1.89. The van der Waals surface area contributed by atoms with E-state index in [1.807, 2.05) is 20.8 Å². The summed E-state index contributed by atoms with van der Waals surface area (Å²) in [6.07, 6.45) is 4.78. The topological polar surface area (TPSA) is 81.3 Å². The highest BCUT2D eigenvalue weighted by atomic mass is 16.6. The van der Waals surface area contributed by atoms with E-state index in [2.05, 4.69) is 14.9 Å². The van der Waals surface area contributed by atoms with E-state index in [0.29, 0.717) is 5.82 Å². The van der Waals surface area contributed by atoms with Gasteiger partial charge in [0.25, 0.3) is 0 Å². The molecule has 6 heteroatoms. The number of hydrogen-bond acceptors (Lipinski definition) is 6. The lowest BCUT2D eigenvalue weighted by Crippen LogP contribution is -2.39. The molecule has 1 aromatic heterocycles. The molecule has 1 aliphatic rings. The van der Waals surface area contributed by atoms with Gasteiger partial charge in [-0.15, -0.1) is 0 Å². The quantitative estimate of drug-likeness (QED) is 0.828. The zero-order valence-corrected chi connectivity index (χ0v) is 12.3. The van der Waals surface area contributed by atoms with Crippen molar-refractivity contribution in [1.82, 2.24) is 9.97 Å². The van der Waals surface area contributed by atoms with Crippen molar-refractivity contribution in [1.29, 1.82) is 0 Å². The number of anilines is 2. The first kappa shape index (κ1) is 14.6. The van der Waals surface area contributed by atoms with E-state index in [1.54, 1.807) is 12.4 Å². The Morgan fingerprint density at radius 2 is 1.95 bits per heavy atom. The maximum Gasteiger partial charge on any atom is 0.309 e. The molecule has 0 aliphatic carbocycles. The summed E-state index contributed by atoms with van der Waals surface area (Å²) < 4.78 is 5.43. The van der Waals surface area contributed by atoms with Crippen LogP contribution in [0.25, 0.3) is 0 Å². The largest absolute Gasteiger partial charge is 0.460 e. The molecule has 0 atom stereocenters. The highest BCUT2D eigenvalue weighted by Gasteiger charge is 2.29. The molecule has 2 heterocycles. The summed E-state index contributed by atoms with van der Waals surface area (Å²) in [6, 6.07) is 0. The average Bonchev–Trinajstić information content (AvgIpc) is 2.38. The Labute approximate surface area is 119 Å². The van der Waals surface area contributed by atoms with Gasteiger partial charge in [0.05, 0.1) is 18.3 Å². The van der Waals surface area contributed by atoms with Gasteiger partial charge < -0.3 is 15.4 Å². The van der Waals surface area contributed by atoms with E-state index in [-0.39, 0.29) is 11.9 Å². The fourth-order valence-corrected chi connectivity index (χ4v) is 2.22. The molecule has 2 N–H and O–H groups in total. The molecule has 0 amide bonds. The van der Waals surface area contributed by atoms with Gasteiger partial charge in [-0.25, -0.2) is 9.97 Å². The number of hydrogen-bond donors (Lipinski definition) is 1. The molecule has 0 unspecified atom stereocenters. The van der Waals surface area contributed by atoms with Crippen molar-refractivity contribution in [3.63, 3.8) is 0 Å². The van der Waals surface area contributed by atoms with Crippen LogP contribution in [0.4, 0.5) is 11.6 Å². The number of nitrogens with two attached hydrogens (primary N) is 1. The van der Waals surface area contributed by atoms with Crippen molar-refractivity contribution in [3.05, 3.63) is 12.4 Å². The Morgan fingerprint density at radius 1 is 1.30 bits per heavy atom. The molecule has 1 saturated heterocycles. The minimum atomic E-state index is -0.420. The number of piperidine rings is 1. The molecule has 0 spiro atoms. The molecule has 6 nitrogen and oxygen atoms in total. The van der Waals surface area contributed by atoms with Crippen LogP contribution >= 0.6 is 0 Å². The summed E-state index contributed by atoms with van der Waals surface area (Å²) in [5.41, 5.74) is 5.10. The number of carbonyl (C=O) groups excluding carboxylic acids is 1. The van der Waals surface area contributed by atoms with Gasteiger partial charge in [0, 0.05) is 13.1 Å². The summed E-state index contributed by atoms with van der Waals surface area (Å²) in [5.74, 6) is 1.10. The molecule has 0 aromatic carbocycles. The molecular formula is C14H22N4O2. The zero-order valence-electron chi connectivity index (χ0n) is 12.3. The highest BCUT2D eigenvalue weighted by molar-refractivity contribution is 5.73. The zero-order chi connectivity index (χ0) is 14.8. The predicted octanol–water partition coefficient (Wildman–Crippen LogP) is 1.62. The van der Waals surface area contributed by atoms with Crippen molar-refractivity contribution in [2.24, 2.45) is 5.92 Å². The van der Waals surface area contributed by atoms with Gasteiger partial charge in [-0.2, -0.15) is 0 Å². The Kier molecular flexibility index (Phi) is 4.11. The fourth-order valence-electron chi connectivity index (χ4n) is 2.22. The van der Waals surface area contributed by atoms with Crippen molar-refractivity contribution >= 4 is 17.6 Å². The standard InChI is InChI=1S/C14H22N4O2/c1-14(2,3)20-13(19)10-4-6-18(7-5-10)12-9-16-11(15)8-17-12/h8-10H,4-7H2,1-3H3,(H2,15,16). The van der Waals surface area contributed by atoms with E-state index in [4.69, 9.17) is 10.5 Å². The Bertz CT molecular complexity index is 459. The maximum atomic E-state index is 12.0. The molecule has 2 rings (SSSR count). The minimum absolute atomic E-state index is 0.0211. The van der Waals surface area contributed by atoms with Crippen LogP contribution in [0.3, 0.4) is 0 Å². The van der Waals surface area contributed by atoms with Crippen LogP contribution in [-0.4, -0.2) is 34.6 Å². The summed E-state index contributed by atoms with van der Waals surface area (Å²) in [4.78, 5) is 22.4. The van der Waals surface area contributed by atoms with Gasteiger partial charge in [0.2, 0.25) is 0 Å². The fraction of sp³-hybridized carbons (Fsp3) is 0.643. The van der Waals surface area contributed by atoms with E-state index < -0.39 is 5.60 Å². The molecule has 110 valence electrons. The van der Waals surface area contributed by atoms with Gasteiger partial charge in [-0.3, -0.25) is 4.79 Å². The van der Waals surface area contributed by atoms with Gasteiger partial charge in [0.15, 0.2) is 0 Å². The first-order valence-electron chi connectivity index (χ1n) is 6.90. The first-order valence-corrected chi connectivity index (χ1v) is 6.90. The number of esters is 1. The molecule has 1 fully saturated rings. The molecule has 0 radical (unpaired) electrons. The molecule has 20 heavy (non-hydrogen) atoms. The van der Waals surface area contributed by atoms with Crippen LogP contribution < -0.4 is 10.6 Å². The number of nitrogen functional groups attached to an aromatic ring is 1. The Morgan fingerprint density at radius 3 is 2.45 bits per heavy atom. The summed E-state index contributed by atoms with van der Waals surface area (Å²) in [5, 5.41) is 0. The van der Waals surface area contributed by atoms with Crippen molar-refractivity contribution in [2.75, 3.05) is 23.7 Å². The van der Waals surface area contributed by atoms with E-state index in [9.17, 15) is 4.79 Å². The lowest BCUT2D eigenvalue weighted by molar-refractivity contribution is -0.160. The average molecular weight is 278 g/mol. The lowest BCUT2D eigenvalue weighted by atomic mass is 9.96. The first-order chi connectivity index (χ1) is 9.35. The van der Waals surface area contributed by atoms with Crippen molar-refractivity contribution in [2.45, 2.75) is 39.2 Å². The summed E-state index contributed by atoms with van der Waals surface area (Å²) in [6.45, 7) is 7.24. The van der Waals surface area contributed by atoms with Gasteiger partial charge in [0.1, 0.15) is 17.2 Å². The summed E-state index contributed by atoms with van der Waals surface area (Å²) in [7, 11) is 0. The van der Waals surface area contributed by atoms with Gasteiger partial charge >= 0.3 is 5.97 Å². The number of nitrogens with zero attached hydrogens (tertiary/aromatic N) is 3. The third kappa shape index (κ3) is 3.82. The number of carbonyl (C=O) groups is 1. The minimum Gasteiger partial charge on any atom is -0.460 e. The molecule has 1 aromatic rings. The van der Waals surface area contributed by atoms with E-state index >= 15 is 0 Å². The maximum absolute atomic E-state index is 12.0. The molecular weight excluding hydrogens is 256 g/mol. The molecule has 1 aliphatic heterocycles. The number of aromatic nitrogens is 2. The van der Waals surface area contributed by atoms with E-state index in [0.717, 1.165) is 31.7 Å². The summed E-state index contributed by atoms with van der Waals surface area (Å²) >= 11 is 0. The van der Waals surface area contributed by atoms with Gasteiger partial charge in [-0.05, 0) is 33.6 Å². The third-order valence-electron chi connectivity index (χ3n) is 3.22. The Hall–Kier alpha value is -1.85. The predicted molar refractivity (Wildman–Crippen MR) is 77.2 cm³/mol. The van der Waals surface area contributed by atoms with Crippen LogP contribution in [0.1, 0.15) is 33.6 Å².